The van der Waals surface area contributed by atoms with E-state index in [9.17, 15) is 23.1 Å². The maximum Gasteiger partial charge on any atom is 0.391 e. The van der Waals surface area contributed by atoms with E-state index in [1.165, 1.54) is 0 Å². The van der Waals surface area contributed by atoms with Crippen molar-refractivity contribution < 1.29 is 23.1 Å². The van der Waals surface area contributed by atoms with Gasteiger partial charge in [-0.3, -0.25) is 4.79 Å². The van der Waals surface area contributed by atoms with Crippen molar-refractivity contribution in [3.05, 3.63) is 0 Å². The van der Waals surface area contributed by atoms with Crippen LogP contribution in [0.4, 0.5) is 13.2 Å². The van der Waals surface area contributed by atoms with Crippen LogP contribution in [0.5, 0.6) is 0 Å². The summed E-state index contributed by atoms with van der Waals surface area (Å²) in [7, 11) is 0. The van der Waals surface area contributed by atoms with Crippen LogP contribution in [0.15, 0.2) is 0 Å². The normalized spacial score (nSPS) is 32.2. The van der Waals surface area contributed by atoms with E-state index >= 15 is 0 Å². The van der Waals surface area contributed by atoms with Crippen molar-refractivity contribution in [2.75, 3.05) is 13.2 Å². The van der Waals surface area contributed by atoms with Crippen LogP contribution in [0.2, 0.25) is 0 Å². The van der Waals surface area contributed by atoms with Gasteiger partial charge in [0.25, 0.3) is 0 Å². The van der Waals surface area contributed by atoms with Crippen LogP contribution < -0.4 is 0 Å². The highest BCUT2D eigenvalue weighted by Gasteiger charge is 2.44. The highest BCUT2D eigenvalue weighted by molar-refractivity contribution is 5.79. The molecule has 0 bridgehead atoms. The van der Waals surface area contributed by atoms with Gasteiger partial charge in [-0.05, 0) is 38.5 Å². The number of rotatable bonds is 2. The third kappa shape index (κ3) is 3.45. The molecule has 2 rings (SSSR count). The molecule has 6 heteroatoms. The van der Waals surface area contributed by atoms with Crippen molar-refractivity contribution in [3.8, 4) is 0 Å². The number of hydrogen-bond acceptors (Lipinski definition) is 2. The first kappa shape index (κ1) is 15.6. The number of hydrogen-bond donors (Lipinski definition) is 1. The Kier molecular flexibility index (Phi) is 4.94. The zero-order chi connectivity index (χ0) is 14.8. The second-order valence-electron chi connectivity index (χ2n) is 5.97. The standard InChI is InChI=1S/C14H22F3NO2/c15-14(16,17)11-5-3-4-10(8-11)13(20)18-7-2-1-6-12(18)9-19/h10-12,19H,1-9H2. The minimum absolute atomic E-state index is 0.0863. The van der Waals surface area contributed by atoms with Gasteiger partial charge in [-0.15, -0.1) is 0 Å². The molecule has 2 fully saturated rings. The SMILES string of the molecule is O=C(C1CCCC(C(F)(F)F)C1)N1CCCCC1CO. The molecule has 1 saturated carbocycles. The molecule has 3 unspecified atom stereocenters. The Morgan fingerprint density at radius 3 is 2.55 bits per heavy atom. The minimum Gasteiger partial charge on any atom is -0.394 e. The molecule has 3 atom stereocenters. The number of carbonyl (C=O) groups is 1. The van der Waals surface area contributed by atoms with Crippen molar-refractivity contribution in [3.63, 3.8) is 0 Å². The lowest BCUT2D eigenvalue weighted by Crippen LogP contribution is -2.49. The molecular formula is C14H22F3NO2. The van der Waals surface area contributed by atoms with Gasteiger partial charge < -0.3 is 10.0 Å². The number of aliphatic hydroxyl groups is 1. The average molecular weight is 293 g/mol. The lowest BCUT2D eigenvalue weighted by Gasteiger charge is -2.39. The third-order valence-electron chi connectivity index (χ3n) is 4.61. The van der Waals surface area contributed by atoms with Gasteiger partial charge in [0.05, 0.1) is 18.6 Å². The summed E-state index contributed by atoms with van der Waals surface area (Å²) in [5.41, 5.74) is 0. The molecule has 2 aliphatic rings. The molecule has 1 aliphatic carbocycles. The van der Waals surface area contributed by atoms with Gasteiger partial charge >= 0.3 is 6.18 Å². The Morgan fingerprint density at radius 2 is 1.90 bits per heavy atom. The van der Waals surface area contributed by atoms with Crippen LogP contribution >= 0.6 is 0 Å². The van der Waals surface area contributed by atoms with E-state index in [0.29, 0.717) is 19.4 Å². The lowest BCUT2D eigenvalue weighted by atomic mass is 9.80. The van der Waals surface area contributed by atoms with E-state index in [0.717, 1.165) is 19.3 Å². The number of likely N-dealkylation sites (tertiary alicyclic amines) is 1. The minimum atomic E-state index is -4.20. The highest BCUT2D eigenvalue weighted by atomic mass is 19.4. The summed E-state index contributed by atoms with van der Waals surface area (Å²) >= 11 is 0. The predicted molar refractivity (Wildman–Crippen MR) is 67.9 cm³/mol. The van der Waals surface area contributed by atoms with Gasteiger partial charge in [-0.1, -0.05) is 6.42 Å². The first-order valence-electron chi connectivity index (χ1n) is 7.41. The third-order valence-corrected chi connectivity index (χ3v) is 4.61. The van der Waals surface area contributed by atoms with Crippen LogP contribution in [0.3, 0.4) is 0 Å². The molecule has 116 valence electrons. The number of amides is 1. The average Bonchev–Trinajstić information content (AvgIpc) is 2.45. The number of halogens is 3. The summed E-state index contributed by atoms with van der Waals surface area (Å²) in [6, 6.07) is -0.206. The zero-order valence-corrected chi connectivity index (χ0v) is 11.5. The van der Waals surface area contributed by atoms with Crippen molar-refractivity contribution in [1.29, 1.82) is 0 Å². The molecule has 1 aliphatic heterocycles. The number of nitrogens with zero attached hydrogens (tertiary/aromatic N) is 1. The molecule has 20 heavy (non-hydrogen) atoms. The van der Waals surface area contributed by atoms with E-state index in [1.54, 1.807) is 4.90 Å². The quantitative estimate of drug-likeness (QED) is 0.850. The number of alkyl halides is 3. The molecule has 0 radical (unpaired) electrons. The Balaban J connectivity index is 2.00. The first-order valence-corrected chi connectivity index (χ1v) is 7.41. The van der Waals surface area contributed by atoms with Crippen LogP contribution in [-0.2, 0) is 4.79 Å². The lowest BCUT2D eigenvalue weighted by molar-refractivity contribution is -0.187. The Hall–Kier alpha value is -0.780. The Bertz CT molecular complexity index is 346. The molecule has 1 saturated heterocycles. The number of aliphatic hydroxyl groups excluding tert-OH is 1. The van der Waals surface area contributed by atoms with E-state index in [-0.39, 0.29) is 31.4 Å². The summed E-state index contributed by atoms with van der Waals surface area (Å²) in [5.74, 6) is -2.05. The van der Waals surface area contributed by atoms with Gasteiger partial charge in [-0.2, -0.15) is 13.2 Å². The van der Waals surface area contributed by atoms with E-state index in [1.807, 2.05) is 0 Å². The van der Waals surface area contributed by atoms with Gasteiger partial charge in [-0.25, -0.2) is 0 Å². The first-order chi connectivity index (χ1) is 9.43. The highest BCUT2D eigenvalue weighted by Crippen LogP contribution is 2.40. The van der Waals surface area contributed by atoms with Crippen molar-refractivity contribution >= 4 is 5.91 Å². The fourth-order valence-corrected chi connectivity index (χ4v) is 3.43. The molecular weight excluding hydrogens is 271 g/mol. The maximum absolute atomic E-state index is 12.8. The Labute approximate surface area is 117 Å². The van der Waals surface area contributed by atoms with Crippen LogP contribution in [0.25, 0.3) is 0 Å². The molecule has 0 aromatic rings. The predicted octanol–water partition coefficient (Wildman–Crippen LogP) is 2.73. The van der Waals surface area contributed by atoms with Gasteiger partial charge in [0.2, 0.25) is 5.91 Å². The van der Waals surface area contributed by atoms with Crippen LogP contribution in [0, 0.1) is 11.8 Å². The van der Waals surface area contributed by atoms with Crippen LogP contribution in [-0.4, -0.2) is 41.3 Å². The monoisotopic (exact) mass is 293 g/mol. The fraction of sp³-hybridized carbons (Fsp3) is 0.929. The molecule has 1 amide bonds. The molecule has 3 nitrogen and oxygen atoms in total. The second-order valence-corrected chi connectivity index (χ2v) is 5.97. The Morgan fingerprint density at radius 1 is 1.15 bits per heavy atom. The maximum atomic E-state index is 12.8. The number of piperidine rings is 1. The summed E-state index contributed by atoms with van der Waals surface area (Å²) < 4.78 is 38.4. The second kappa shape index (κ2) is 6.33. The van der Waals surface area contributed by atoms with E-state index in [2.05, 4.69) is 0 Å². The largest absolute Gasteiger partial charge is 0.394 e. The molecule has 0 spiro atoms. The van der Waals surface area contributed by atoms with Gasteiger partial charge in [0.15, 0.2) is 0 Å². The number of carbonyl (C=O) groups excluding carboxylic acids is 1. The van der Waals surface area contributed by atoms with Gasteiger partial charge in [0, 0.05) is 12.5 Å². The van der Waals surface area contributed by atoms with Crippen molar-refractivity contribution in [2.24, 2.45) is 11.8 Å². The summed E-state index contributed by atoms with van der Waals surface area (Å²) in [4.78, 5) is 14.1. The van der Waals surface area contributed by atoms with E-state index < -0.39 is 18.0 Å². The van der Waals surface area contributed by atoms with Crippen molar-refractivity contribution in [2.45, 2.75) is 57.2 Å². The summed E-state index contributed by atoms with van der Waals surface area (Å²) in [5, 5.41) is 9.32. The van der Waals surface area contributed by atoms with Crippen LogP contribution in [0.1, 0.15) is 44.9 Å². The summed E-state index contributed by atoms with van der Waals surface area (Å²) in [6.45, 7) is 0.471. The fourth-order valence-electron chi connectivity index (χ4n) is 3.43. The molecule has 1 N–H and O–H groups in total. The van der Waals surface area contributed by atoms with E-state index in [4.69, 9.17) is 0 Å². The smallest absolute Gasteiger partial charge is 0.391 e. The topological polar surface area (TPSA) is 40.5 Å². The van der Waals surface area contributed by atoms with Gasteiger partial charge in [0.1, 0.15) is 0 Å². The summed E-state index contributed by atoms with van der Waals surface area (Å²) in [6.07, 6.45) is -0.566. The molecule has 0 aromatic heterocycles. The molecule has 0 aromatic carbocycles. The zero-order valence-electron chi connectivity index (χ0n) is 11.5. The van der Waals surface area contributed by atoms with Crippen molar-refractivity contribution in [1.82, 2.24) is 4.90 Å². The molecule has 1 heterocycles.